The first-order chi connectivity index (χ1) is 10.7. The van der Waals surface area contributed by atoms with Crippen molar-refractivity contribution in [1.29, 1.82) is 0 Å². The summed E-state index contributed by atoms with van der Waals surface area (Å²) in [5.41, 5.74) is 2.75. The Morgan fingerprint density at radius 3 is 2.55 bits per heavy atom. The van der Waals surface area contributed by atoms with Gasteiger partial charge in [0.1, 0.15) is 5.82 Å². The fraction of sp³-hybridized carbons (Fsp3) is 0.263. The molecule has 0 bridgehead atoms. The number of unbranched alkanes of at least 4 members (excludes halogenated alkanes) is 1. The SMILES string of the molecule is CCCCc1c(C)nc(/C=C/C=C/c2ccccc2)[nH]c1=O. The van der Waals surface area contributed by atoms with Crippen LogP contribution < -0.4 is 5.56 Å². The van der Waals surface area contributed by atoms with Crippen LogP contribution in [0.3, 0.4) is 0 Å². The molecule has 2 rings (SSSR count). The number of hydrogen-bond acceptors (Lipinski definition) is 2. The van der Waals surface area contributed by atoms with Crippen molar-refractivity contribution in [2.75, 3.05) is 0 Å². The van der Waals surface area contributed by atoms with Crippen LogP contribution in [0.4, 0.5) is 0 Å². The second kappa shape index (κ2) is 8.13. The zero-order chi connectivity index (χ0) is 15.8. The molecule has 0 saturated heterocycles. The molecule has 0 unspecified atom stereocenters. The lowest BCUT2D eigenvalue weighted by Crippen LogP contribution is -2.17. The fourth-order valence-corrected chi connectivity index (χ4v) is 2.24. The van der Waals surface area contributed by atoms with Gasteiger partial charge in [0, 0.05) is 11.3 Å². The van der Waals surface area contributed by atoms with Crippen LogP contribution in [0.15, 0.2) is 47.3 Å². The highest BCUT2D eigenvalue weighted by molar-refractivity contribution is 5.54. The molecule has 0 saturated carbocycles. The molecule has 114 valence electrons. The van der Waals surface area contributed by atoms with Gasteiger partial charge in [-0.1, -0.05) is 61.9 Å². The van der Waals surface area contributed by atoms with Crippen LogP contribution in [0.25, 0.3) is 12.2 Å². The molecule has 1 N–H and O–H groups in total. The second-order valence-corrected chi connectivity index (χ2v) is 5.25. The molecule has 1 aromatic heterocycles. The van der Waals surface area contributed by atoms with Gasteiger partial charge in [0.05, 0.1) is 0 Å². The van der Waals surface area contributed by atoms with E-state index in [1.54, 1.807) is 0 Å². The fourth-order valence-electron chi connectivity index (χ4n) is 2.24. The first kappa shape index (κ1) is 16.0. The summed E-state index contributed by atoms with van der Waals surface area (Å²) in [6.45, 7) is 4.02. The largest absolute Gasteiger partial charge is 0.307 e. The molecule has 22 heavy (non-hydrogen) atoms. The molecule has 0 atom stereocenters. The zero-order valence-electron chi connectivity index (χ0n) is 13.2. The van der Waals surface area contributed by atoms with Crippen LogP contribution in [0.1, 0.15) is 42.4 Å². The third kappa shape index (κ3) is 4.55. The Hall–Kier alpha value is -2.42. The number of allylic oxidation sites excluding steroid dienone is 2. The van der Waals surface area contributed by atoms with Crippen molar-refractivity contribution >= 4 is 12.2 Å². The minimum atomic E-state index is -0.0207. The lowest BCUT2D eigenvalue weighted by molar-refractivity contribution is 0.772. The van der Waals surface area contributed by atoms with Crippen molar-refractivity contribution in [2.45, 2.75) is 33.1 Å². The molecule has 0 spiro atoms. The monoisotopic (exact) mass is 294 g/mol. The Morgan fingerprint density at radius 1 is 1.14 bits per heavy atom. The number of H-pyrrole nitrogens is 1. The average molecular weight is 294 g/mol. The maximum atomic E-state index is 12.1. The van der Waals surface area contributed by atoms with Gasteiger partial charge in [0.2, 0.25) is 0 Å². The Labute approximate surface area is 131 Å². The molecule has 0 aliphatic heterocycles. The molecule has 0 fully saturated rings. The van der Waals surface area contributed by atoms with E-state index in [4.69, 9.17) is 0 Å². The van der Waals surface area contributed by atoms with Gasteiger partial charge in [0.15, 0.2) is 0 Å². The number of aromatic amines is 1. The van der Waals surface area contributed by atoms with E-state index in [-0.39, 0.29) is 5.56 Å². The van der Waals surface area contributed by atoms with E-state index in [2.05, 4.69) is 16.9 Å². The van der Waals surface area contributed by atoms with Crippen LogP contribution in [0.2, 0.25) is 0 Å². The molecule has 1 heterocycles. The Bertz CT molecular complexity index is 712. The normalized spacial score (nSPS) is 11.5. The third-order valence-corrected chi connectivity index (χ3v) is 3.47. The van der Waals surface area contributed by atoms with E-state index in [9.17, 15) is 4.79 Å². The molecule has 0 radical (unpaired) electrons. The van der Waals surface area contributed by atoms with Crippen molar-refractivity contribution in [3.05, 3.63) is 75.5 Å². The van der Waals surface area contributed by atoms with Crippen molar-refractivity contribution in [3.63, 3.8) is 0 Å². The number of hydrogen-bond donors (Lipinski definition) is 1. The zero-order valence-corrected chi connectivity index (χ0v) is 13.2. The summed E-state index contributed by atoms with van der Waals surface area (Å²) >= 11 is 0. The Morgan fingerprint density at radius 2 is 1.86 bits per heavy atom. The van der Waals surface area contributed by atoms with E-state index in [1.807, 2.05) is 61.6 Å². The third-order valence-electron chi connectivity index (χ3n) is 3.47. The predicted octanol–water partition coefficient (Wildman–Crippen LogP) is 4.15. The van der Waals surface area contributed by atoms with E-state index < -0.39 is 0 Å². The van der Waals surface area contributed by atoms with Crippen molar-refractivity contribution in [1.82, 2.24) is 9.97 Å². The van der Waals surface area contributed by atoms with E-state index in [0.717, 1.165) is 36.1 Å². The number of nitrogens with zero attached hydrogens (tertiary/aromatic N) is 1. The highest BCUT2D eigenvalue weighted by atomic mass is 16.1. The van der Waals surface area contributed by atoms with Crippen LogP contribution in [0, 0.1) is 6.92 Å². The van der Waals surface area contributed by atoms with Gasteiger partial charge in [-0.2, -0.15) is 0 Å². The standard InChI is InChI=1S/C19H22N2O/c1-3-4-13-17-15(2)20-18(21-19(17)22)14-9-8-12-16-10-6-5-7-11-16/h5-12,14H,3-4,13H2,1-2H3,(H,20,21,22)/b12-8+,14-9+. The second-order valence-electron chi connectivity index (χ2n) is 5.25. The topological polar surface area (TPSA) is 45.8 Å². The van der Waals surface area contributed by atoms with Gasteiger partial charge in [-0.05, 0) is 31.4 Å². The lowest BCUT2D eigenvalue weighted by atomic mass is 10.1. The van der Waals surface area contributed by atoms with E-state index >= 15 is 0 Å². The molecule has 0 aliphatic carbocycles. The lowest BCUT2D eigenvalue weighted by Gasteiger charge is -2.04. The summed E-state index contributed by atoms with van der Waals surface area (Å²) < 4.78 is 0. The quantitative estimate of drug-likeness (QED) is 0.814. The molecule has 2 aromatic rings. The van der Waals surface area contributed by atoms with Gasteiger partial charge in [0.25, 0.3) is 5.56 Å². The van der Waals surface area contributed by atoms with Crippen molar-refractivity contribution in [2.24, 2.45) is 0 Å². The minimum absolute atomic E-state index is 0.0207. The van der Waals surface area contributed by atoms with Gasteiger partial charge in [-0.3, -0.25) is 4.79 Å². The summed E-state index contributed by atoms with van der Waals surface area (Å²) in [6, 6.07) is 10.1. The van der Waals surface area contributed by atoms with Crippen LogP contribution in [-0.2, 0) is 6.42 Å². The Balaban J connectivity index is 2.08. The molecule has 3 nitrogen and oxygen atoms in total. The molecule has 0 amide bonds. The minimum Gasteiger partial charge on any atom is -0.307 e. The number of rotatable bonds is 6. The number of nitrogens with one attached hydrogen (secondary N) is 1. The van der Waals surface area contributed by atoms with E-state index in [1.165, 1.54) is 0 Å². The molecular formula is C19H22N2O. The summed E-state index contributed by atoms with van der Waals surface area (Å²) in [7, 11) is 0. The summed E-state index contributed by atoms with van der Waals surface area (Å²) in [4.78, 5) is 19.4. The molecule has 3 heteroatoms. The first-order valence-electron chi connectivity index (χ1n) is 7.70. The van der Waals surface area contributed by atoms with Crippen LogP contribution in [0.5, 0.6) is 0 Å². The van der Waals surface area contributed by atoms with Crippen molar-refractivity contribution in [3.8, 4) is 0 Å². The highest BCUT2D eigenvalue weighted by Gasteiger charge is 2.05. The predicted molar refractivity (Wildman–Crippen MR) is 92.7 cm³/mol. The van der Waals surface area contributed by atoms with Gasteiger partial charge >= 0.3 is 0 Å². The maximum Gasteiger partial charge on any atom is 0.254 e. The van der Waals surface area contributed by atoms with Crippen LogP contribution in [-0.4, -0.2) is 9.97 Å². The summed E-state index contributed by atoms with van der Waals surface area (Å²) in [6.07, 6.45) is 10.5. The highest BCUT2D eigenvalue weighted by Crippen LogP contribution is 2.06. The average Bonchev–Trinajstić information content (AvgIpc) is 2.52. The number of benzene rings is 1. The maximum absolute atomic E-state index is 12.1. The van der Waals surface area contributed by atoms with Crippen molar-refractivity contribution < 1.29 is 0 Å². The number of aromatic nitrogens is 2. The Kier molecular flexibility index (Phi) is 5.90. The summed E-state index contributed by atoms with van der Waals surface area (Å²) in [5, 5.41) is 0. The number of aryl methyl sites for hydroxylation is 1. The molecule has 0 aliphatic rings. The van der Waals surface area contributed by atoms with Gasteiger partial charge in [-0.15, -0.1) is 0 Å². The molecule has 1 aromatic carbocycles. The summed E-state index contributed by atoms with van der Waals surface area (Å²) in [5.74, 6) is 0.598. The first-order valence-corrected chi connectivity index (χ1v) is 7.70. The van der Waals surface area contributed by atoms with Gasteiger partial charge < -0.3 is 4.98 Å². The van der Waals surface area contributed by atoms with Crippen LogP contribution >= 0.6 is 0 Å². The van der Waals surface area contributed by atoms with Gasteiger partial charge in [-0.25, -0.2) is 4.98 Å². The van der Waals surface area contributed by atoms with E-state index in [0.29, 0.717) is 5.82 Å². The molecular weight excluding hydrogens is 272 g/mol. The smallest absolute Gasteiger partial charge is 0.254 e.